The quantitative estimate of drug-likeness (QED) is 0.789. The maximum absolute atomic E-state index is 12.7. The first-order valence-corrected chi connectivity index (χ1v) is 9.53. The van der Waals surface area contributed by atoms with Gasteiger partial charge in [-0.25, -0.2) is 0 Å². The van der Waals surface area contributed by atoms with Crippen LogP contribution in [-0.2, 0) is 4.74 Å². The number of hydrogen-bond donors (Lipinski definition) is 1. The molecule has 1 fully saturated rings. The zero-order chi connectivity index (χ0) is 19.2. The van der Waals surface area contributed by atoms with Crippen LogP contribution in [0.4, 0.5) is 0 Å². The predicted octanol–water partition coefficient (Wildman–Crippen LogP) is 3.81. The number of carbonyl (C=O) groups is 1. The molecule has 1 heterocycles. The molecule has 1 unspecified atom stereocenters. The van der Waals surface area contributed by atoms with E-state index >= 15 is 0 Å². The lowest BCUT2D eigenvalue weighted by Gasteiger charge is -2.35. The van der Waals surface area contributed by atoms with Crippen LogP contribution < -0.4 is 10.1 Å². The Hall–Kier alpha value is -1.79. The summed E-state index contributed by atoms with van der Waals surface area (Å²) in [6.07, 6.45) is 0. The molecule has 7 heteroatoms. The lowest BCUT2D eigenvalue weighted by atomic mass is 10.0. The van der Waals surface area contributed by atoms with Gasteiger partial charge in [-0.3, -0.25) is 9.69 Å². The molecule has 1 atom stereocenters. The van der Waals surface area contributed by atoms with Crippen LogP contribution in [0.2, 0.25) is 10.0 Å². The number of hydrogen-bond acceptors (Lipinski definition) is 4. The van der Waals surface area contributed by atoms with Gasteiger partial charge in [0, 0.05) is 24.7 Å². The van der Waals surface area contributed by atoms with Crippen LogP contribution in [0.15, 0.2) is 42.5 Å². The predicted molar refractivity (Wildman–Crippen MR) is 107 cm³/mol. The molecule has 1 amide bonds. The summed E-state index contributed by atoms with van der Waals surface area (Å²) >= 11 is 12.5. The highest BCUT2D eigenvalue weighted by molar-refractivity contribution is 6.35. The second-order valence-electron chi connectivity index (χ2n) is 6.25. The van der Waals surface area contributed by atoms with Crippen molar-refractivity contribution in [1.29, 1.82) is 0 Å². The van der Waals surface area contributed by atoms with Crippen molar-refractivity contribution in [3.05, 3.63) is 63.6 Å². The molecule has 1 aliphatic heterocycles. The van der Waals surface area contributed by atoms with E-state index in [1.165, 1.54) is 7.11 Å². The molecule has 0 spiro atoms. The number of carbonyl (C=O) groups excluding carboxylic acids is 1. The van der Waals surface area contributed by atoms with Gasteiger partial charge in [0.05, 0.1) is 37.0 Å². The van der Waals surface area contributed by atoms with Crippen molar-refractivity contribution in [2.45, 2.75) is 6.04 Å². The van der Waals surface area contributed by atoms with Crippen molar-refractivity contribution >= 4 is 29.1 Å². The van der Waals surface area contributed by atoms with Gasteiger partial charge >= 0.3 is 0 Å². The molecule has 27 heavy (non-hydrogen) atoms. The van der Waals surface area contributed by atoms with Crippen molar-refractivity contribution in [1.82, 2.24) is 10.2 Å². The van der Waals surface area contributed by atoms with Gasteiger partial charge in [-0.05, 0) is 29.8 Å². The van der Waals surface area contributed by atoms with E-state index in [9.17, 15) is 4.79 Å². The van der Waals surface area contributed by atoms with Gasteiger partial charge < -0.3 is 14.8 Å². The molecule has 0 aromatic heterocycles. The fourth-order valence-electron chi connectivity index (χ4n) is 3.19. The molecule has 1 N–H and O–H groups in total. The third-order valence-electron chi connectivity index (χ3n) is 4.60. The Morgan fingerprint density at radius 2 is 1.96 bits per heavy atom. The second kappa shape index (κ2) is 9.42. The summed E-state index contributed by atoms with van der Waals surface area (Å²) in [4.78, 5) is 15.0. The zero-order valence-corrected chi connectivity index (χ0v) is 16.6. The SMILES string of the molecule is COc1cccc(C(=O)NCC(c2cccc(Cl)c2)N2CCOCC2)c1Cl. The topological polar surface area (TPSA) is 50.8 Å². The van der Waals surface area contributed by atoms with Gasteiger partial charge in [0.1, 0.15) is 5.75 Å². The monoisotopic (exact) mass is 408 g/mol. The van der Waals surface area contributed by atoms with Crippen LogP contribution in [0.3, 0.4) is 0 Å². The van der Waals surface area contributed by atoms with Gasteiger partial charge in [0.25, 0.3) is 5.91 Å². The molecule has 0 saturated carbocycles. The minimum atomic E-state index is -0.237. The minimum absolute atomic E-state index is 0.000864. The van der Waals surface area contributed by atoms with E-state index in [0.29, 0.717) is 41.1 Å². The summed E-state index contributed by atoms with van der Waals surface area (Å²) < 4.78 is 10.6. The smallest absolute Gasteiger partial charge is 0.253 e. The molecule has 5 nitrogen and oxygen atoms in total. The highest BCUT2D eigenvalue weighted by Crippen LogP contribution is 2.28. The van der Waals surface area contributed by atoms with E-state index in [4.69, 9.17) is 32.7 Å². The van der Waals surface area contributed by atoms with Gasteiger partial charge in [0.15, 0.2) is 0 Å². The summed E-state index contributed by atoms with van der Waals surface area (Å²) in [6, 6.07) is 12.9. The Morgan fingerprint density at radius 1 is 1.22 bits per heavy atom. The lowest BCUT2D eigenvalue weighted by Crippen LogP contribution is -2.43. The number of ether oxygens (including phenoxy) is 2. The van der Waals surface area contributed by atoms with Crippen LogP contribution in [0.1, 0.15) is 22.0 Å². The summed E-state index contributed by atoms with van der Waals surface area (Å²) in [5.41, 5.74) is 1.45. The Balaban J connectivity index is 1.77. The Labute approximate surface area is 169 Å². The standard InChI is InChI=1S/C20H22Cl2N2O3/c1-26-18-7-3-6-16(19(18)22)20(25)23-13-17(24-8-10-27-11-9-24)14-4-2-5-15(21)12-14/h2-7,12,17H,8-11,13H2,1H3,(H,23,25). The summed E-state index contributed by atoms with van der Waals surface area (Å²) in [5, 5.41) is 3.98. The molecule has 0 bridgehead atoms. The van der Waals surface area contributed by atoms with Crippen molar-refractivity contribution in [2.75, 3.05) is 40.0 Å². The second-order valence-corrected chi connectivity index (χ2v) is 7.07. The van der Waals surface area contributed by atoms with E-state index in [-0.39, 0.29) is 11.9 Å². The number of nitrogens with zero attached hydrogens (tertiary/aromatic N) is 1. The van der Waals surface area contributed by atoms with Gasteiger partial charge in [-0.15, -0.1) is 0 Å². The van der Waals surface area contributed by atoms with Crippen LogP contribution in [-0.4, -0.2) is 50.8 Å². The normalized spacial score (nSPS) is 16.0. The van der Waals surface area contributed by atoms with Crippen molar-refractivity contribution in [3.8, 4) is 5.75 Å². The van der Waals surface area contributed by atoms with Crippen molar-refractivity contribution in [2.24, 2.45) is 0 Å². The maximum Gasteiger partial charge on any atom is 0.253 e. The molecular weight excluding hydrogens is 387 g/mol. The number of benzene rings is 2. The molecule has 2 aromatic rings. The van der Waals surface area contributed by atoms with E-state index < -0.39 is 0 Å². The largest absolute Gasteiger partial charge is 0.495 e. The minimum Gasteiger partial charge on any atom is -0.495 e. The Bertz CT molecular complexity index is 795. The number of nitrogens with one attached hydrogen (secondary N) is 1. The number of amides is 1. The molecule has 2 aromatic carbocycles. The molecule has 1 saturated heterocycles. The first kappa shape index (κ1) is 20.0. The number of morpholine rings is 1. The highest BCUT2D eigenvalue weighted by atomic mass is 35.5. The molecular formula is C20H22Cl2N2O3. The van der Waals surface area contributed by atoms with E-state index in [0.717, 1.165) is 18.7 Å². The molecule has 1 aliphatic rings. The molecule has 144 valence electrons. The average molecular weight is 409 g/mol. The lowest BCUT2D eigenvalue weighted by molar-refractivity contribution is 0.0162. The maximum atomic E-state index is 12.7. The molecule has 0 aliphatic carbocycles. The van der Waals surface area contributed by atoms with Crippen LogP contribution >= 0.6 is 23.2 Å². The Morgan fingerprint density at radius 3 is 2.67 bits per heavy atom. The van der Waals surface area contributed by atoms with Crippen LogP contribution in [0.25, 0.3) is 0 Å². The van der Waals surface area contributed by atoms with Gasteiger partial charge in [0.2, 0.25) is 0 Å². The third-order valence-corrected chi connectivity index (χ3v) is 5.23. The van der Waals surface area contributed by atoms with E-state index in [2.05, 4.69) is 10.2 Å². The van der Waals surface area contributed by atoms with Gasteiger partial charge in [-0.2, -0.15) is 0 Å². The first-order chi connectivity index (χ1) is 13.1. The van der Waals surface area contributed by atoms with Crippen LogP contribution in [0, 0.1) is 0 Å². The van der Waals surface area contributed by atoms with Crippen molar-refractivity contribution < 1.29 is 14.3 Å². The van der Waals surface area contributed by atoms with E-state index in [1.54, 1.807) is 18.2 Å². The summed E-state index contributed by atoms with van der Waals surface area (Å²) in [7, 11) is 1.52. The zero-order valence-electron chi connectivity index (χ0n) is 15.1. The summed E-state index contributed by atoms with van der Waals surface area (Å²) in [6.45, 7) is 3.38. The van der Waals surface area contributed by atoms with Crippen molar-refractivity contribution in [3.63, 3.8) is 0 Å². The molecule has 0 radical (unpaired) electrons. The summed E-state index contributed by atoms with van der Waals surface area (Å²) in [5.74, 6) is 0.239. The fraction of sp³-hybridized carbons (Fsp3) is 0.350. The highest BCUT2D eigenvalue weighted by Gasteiger charge is 2.24. The third kappa shape index (κ3) is 4.93. The molecule has 3 rings (SSSR count). The number of halogens is 2. The van der Waals surface area contributed by atoms with Crippen LogP contribution in [0.5, 0.6) is 5.75 Å². The van der Waals surface area contributed by atoms with E-state index in [1.807, 2.05) is 24.3 Å². The first-order valence-electron chi connectivity index (χ1n) is 8.78. The fourth-order valence-corrected chi connectivity index (χ4v) is 3.68. The van der Waals surface area contributed by atoms with Gasteiger partial charge in [-0.1, -0.05) is 41.4 Å². The average Bonchev–Trinajstić information content (AvgIpc) is 2.69. The Kier molecular flexibility index (Phi) is 6.96. The number of methoxy groups -OCH3 is 1. The number of rotatable bonds is 6.